The Balaban J connectivity index is 1.75. The van der Waals surface area contributed by atoms with Crippen LogP contribution in [0.5, 0.6) is 0 Å². The van der Waals surface area contributed by atoms with Crippen molar-refractivity contribution in [3.8, 4) is 11.4 Å². The van der Waals surface area contributed by atoms with Gasteiger partial charge in [-0.25, -0.2) is 0 Å². The summed E-state index contributed by atoms with van der Waals surface area (Å²) in [7, 11) is 0. The van der Waals surface area contributed by atoms with Crippen LogP contribution in [-0.4, -0.2) is 16.0 Å². The highest BCUT2D eigenvalue weighted by Gasteiger charge is 2.18. The Morgan fingerprint density at radius 3 is 2.67 bits per heavy atom. The van der Waals surface area contributed by atoms with Gasteiger partial charge in [-0.3, -0.25) is 4.79 Å². The van der Waals surface area contributed by atoms with Gasteiger partial charge in [0.2, 0.25) is 11.7 Å². The van der Waals surface area contributed by atoms with Crippen molar-refractivity contribution in [2.24, 2.45) is 0 Å². The second-order valence-electron chi connectivity index (χ2n) is 5.84. The predicted molar refractivity (Wildman–Crippen MR) is 91.5 cm³/mol. The minimum atomic E-state index is -0.372. The van der Waals surface area contributed by atoms with Gasteiger partial charge in [-0.2, -0.15) is 4.98 Å². The maximum absolute atomic E-state index is 12.4. The summed E-state index contributed by atoms with van der Waals surface area (Å²) < 4.78 is 5.31. The van der Waals surface area contributed by atoms with Gasteiger partial charge in [-0.15, -0.1) is 0 Å². The van der Waals surface area contributed by atoms with Gasteiger partial charge < -0.3 is 9.84 Å². The van der Waals surface area contributed by atoms with Gasteiger partial charge in [-0.05, 0) is 38.5 Å². The number of nitrogens with one attached hydrogen (secondary N) is 1. The molecule has 1 atom stereocenters. The van der Waals surface area contributed by atoms with Crippen LogP contribution in [0.2, 0.25) is 0 Å². The molecule has 0 fully saturated rings. The lowest BCUT2D eigenvalue weighted by molar-refractivity contribution is 0.0932. The number of rotatable bonds is 4. The molecular formula is C19H19N3O2. The Morgan fingerprint density at radius 1 is 1.12 bits per heavy atom. The summed E-state index contributed by atoms with van der Waals surface area (Å²) in [5, 5.41) is 6.90. The molecule has 0 spiro atoms. The zero-order valence-electron chi connectivity index (χ0n) is 13.9. The maximum atomic E-state index is 12.4. The molecule has 1 amide bonds. The monoisotopic (exact) mass is 321 g/mol. The number of benzene rings is 2. The molecule has 0 aliphatic carbocycles. The standard InChI is InChI=1S/C19H19N3O2/c1-12-7-6-9-15(11-12)17-21-19(24-22-17)14(3)20-18(23)16-10-5-4-8-13(16)2/h4-11,14H,1-3H3,(H,20,23). The van der Waals surface area contributed by atoms with Crippen molar-refractivity contribution < 1.29 is 9.32 Å². The Labute approximate surface area is 140 Å². The SMILES string of the molecule is Cc1cccc(-c2noc(C(C)NC(=O)c3ccccc3C)n2)c1. The molecule has 3 aromatic rings. The lowest BCUT2D eigenvalue weighted by Crippen LogP contribution is -2.27. The fourth-order valence-electron chi connectivity index (χ4n) is 2.48. The van der Waals surface area contributed by atoms with E-state index in [1.54, 1.807) is 6.07 Å². The molecule has 1 N–H and O–H groups in total. The normalized spacial score (nSPS) is 12.0. The van der Waals surface area contributed by atoms with Crippen molar-refractivity contribution in [2.75, 3.05) is 0 Å². The lowest BCUT2D eigenvalue weighted by atomic mass is 10.1. The highest BCUT2D eigenvalue weighted by atomic mass is 16.5. The fraction of sp³-hybridized carbons (Fsp3) is 0.211. The van der Waals surface area contributed by atoms with E-state index in [1.807, 2.05) is 63.2 Å². The van der Waals surface area contributed by atoms with Crippen LogP contribution in [0, 0.1) is 13.8 Å². The van der Waals surface area contributed by atoms with Crippen LogP contribution in [0.15, 0.2) is 53.1 Å². The molecule has 3 rings (SSSR count). The molecule has 24 heavy (non-hydrogen) atoms. The first-order chi connectivity index (χ1) is 11.5. The van der Waals surface area contributed by atoms with E-state index in [-0.39, 0.29) is 11.9 Å². The topological polar surface area (TPSA) is 68.0 Å². The van der Waals surface area contributed by atoms with Crippen molar-refractivity contribution in [1.29, 1.82) is 0 Å². The van der Waals surface area contributed by atoms with Gasteiger partial charge in [0.15, 0.2) is 0 Å². The molecule has 0 radical (unpaired) electrons. The van der Waals surface area contributed by atoms with Crippen molar-refractivity contribution in [1.82, 2.24) is 15.5 Å². The van der Waals surface area contributed by atoms with Crippen LogP contribution in [-0.2, 0) is 0 Å². The number of carbonyl (C=O) groups excluding carboxylic acids is 1. The number of hydrogen-bond donors (Lipinski definition) is 1. The Kier molecular flexibility index (Phi) is 4.42. The van der Waals surface area contributed by atoms with Crippen LogP contribution >= 0.6 is 0 Å². The maximum Gasteiger partial charge on any atom is 0.252 e. The second kappa shape index (κ2) is 6.66. The predicted octanol–water partition coefficient (Wildman–Crippen LogP) is 3.84. The van der Waals surface area contributed by atoms with Crippen LogP contribution in [0.1, 0.15) is 40.3 Å². The molecule has 0 saturated carbocycles. The van der Waals surface area contributed by atoms with Crippen LogP contribution in [0.3, 0.4) is 0 Å². The third-order valence-electron chi connectivity index (χ3n) is 3.83. The first-order valence-electron chi connectivity index (χ1n) is 7.82. The van der Waals surface area contributed by atoms with Gasteiger partial charge >= 0.3 is 0 Å². The summed E-state index contributed by atoms with van der Waals surface area (Å²) in [6.07, 6.45) is 0. The summed E-state index contributed by atoms with van der Waals surface area (Å²) in [6.45, 7) is 5.74. The summed E-state index contributed by atoms with van der Waals surface area (Å²) in [4.78, 5) is 16.8. The number of carbonyl (C=O) groups is 1. The minimum absolute atomic E-state index is 0.157. The second-order valence-corrected chi connectivity index (χ2v) is 5.84. The van der Waals surface area contributed by atoms with E-state index in [2.05, 4.69) is 15.5 Å². The van der Waals surface area contributed by atoms with Gasteiger partial charge in [0.25, 0.3) is 5.91 Å². The lowest BCUT2D eigenvalue weighted by Gasteiger charge is -2.11. The molecule has 5 heteroatoms. The van der Waals surface area contributed by atoms with E-state index in [0.717, 1.165) is 16.7 Å². The number of amides is 1. The highest BCUT2D eigenvalue weighted by molar-refractivity contribution is 5.95. The quantitative estimate of drug-likeness (QED) is 0.792. The summed E-state index contributed by atoms with van der Waals surface area (Å²) in [5.41, 5.74) is 3.58. The van der Waals surface area contributed by atoms with E-state index in [4.69, 9.17) is 4.52 Å². The van der Waals surface area contributed by atoms with Crippen molar-refractivity contribution in [2.45, 2.75) is 26.8 Å². The van der Waals surface area contributed by atoms with E-state index < -0.39 is 0 Å². The molecule has 0 saturated heterocycles. The largest absolute Gasteiger partial charge is 0.341 e. The summed E-state index contributed by atoms with van der Waals surface area (Å²) in [6, 6.07) is 15.0. The van der Waals surface area contributed by atoms with Crippen LogP contribution in [0.4, 0.5) is 0 Å². The zero-order chi connectivity index (χ0) is 17.1. The van der Waals surface area contributed by atoms with Crippen molar-refractivity contribution >= 4 is 5.91 Å². The molecule has 5 nitrogen and oxygen atoms in total. The first-order valence-corrected chi connectivity index (χ1v) is 7.82. The van der Waals surface area contributed by atoms with Crippen molar-refractivity contribution in [3.05, 3.63) is 71.1 Å². The number of aromatic nitrogens is 2. The van der Waals surface area contributed by atoms with E-state index in [1.165, 1.54) is 0 Å². The smallest absolute Gasteiger partial charge is 0.252 e. The zero-order valence-corrected chi connectivity index (χ0v) is 13.9. The van der Waals surface area contributed by atoms with Crippen molar-refractivity contribution in [3.63, 3.8) is 0 Å². The number of aryl methyl sites for hydroxylation is 2. The first kappa shape index (κ1) is 15.9. The van der Waals surface area contributed by atoms with Crippen LogP contribution < -0.4 is 5.32 Å². The molecule has 0 bridgehead atoms. The highest BCUT2D eigenvalue weighted by Crippen LogP contribution is 2.20. The van der Waals surface area contributed by atoms with Gasteiger partial charge in [0.1, 0.15) is 6.04 Å². The van der Waals surface area contributed by atoms with E-state index >= 15 is 0 Å². The molecular weight excluding hydrogens is 302 g/mol. The molecule has 0 aliphatic heterocycles. The third kappa shape index (κ3) is 3.35. The molecule has 1 heterocycles. The van der Waals surface area contributed by atoms with Gasteiger partial charge in [0.05, 0.1) is 0 Å². The average molecular weight is 321 g/mol. The summed E-state index contributed by atoms with van der Waals surface area (Å²) in [5.74, 6) is 0.745. The Hall–Kier alpha value is -2.95. The molecule has 122 valence electrons. The Bertz CT molecular complexity index is 870. The molecule has 1 aromatic heterocycles. The molecule has 2 aromatic carbocycles. The molecule has 0 aliphatic rings. The van der Waals surface area contributed by atoms with Gasteiger partial charge in [0, 0.05) is 11.1 Å². The summed E-state index contributed by atoms with van der Waals surface area (Å²) >= 11 is 0. The van der Waals surface area contributed by atoms with Crippen LogP contribution in [0.25, 0.3) is 11.4 Å². The minimum Gasteiger partial charge on any atom is -0.341 e. The number of nitrogens with zero attached hydrogens (tertiary/aromatic N) is 2. The van der Waals surface area contributed by atoms with E-state index in [0.29, 0.717) is 17.3 Å². The van der Waals surface area contributed by atoms with E-state index in [9.17, 15) is 4.79 Å². The Morgan fingerprint density at radius 2 is 1.92 bits per heavy atom. The molecule has 1 unspecified atom stereocenters. The van der Waals surface area contributed by atoms with Gasteiger partial charge in [-0.1, -0.05) is 47.1 Å². The third-order valence-corrected chi connectivity index (χ3v) is 3.83. The fourth-order valence-corrected chi connectivity index (χ4v) is 2.48. The average Bonchev–Trinajstić information content (AvgIpc) is 3.05. The number of hydrogen-bond acceptors (Lipinski definition) is 4.